The van der Waals surface area contributed by atoms with Gasteiger partial charge in [0.25, 0.3) is 0 Å². The second-order valence-electron chi connectivity index (χ2n) is 4.34. The zero-order valence-corrected chi connectivity index (χ0v) is 10.5. The molecule has 2 heteroatoms. The SMILES string of the molecule is SCCCc1cccc2c1[nH]c1ccccc12. The molecule has 1 heterocycles. The molecule has 3 aromatic rings. The van der Waals surface area contributed by atoms with Gasteiger partial charge in [-0.3, -0.25) is 0 Å². The number of hydrogen-bond acceptors (Lipinski definition) is 1. The van der Waals surface area contributed by atoms with Crippen LogP contribution >= 0.6 is 12.6 Å². The molecule has 0 aliphatic carbocycles. The van der Waals surface area contributed by atoms with E-state index in [1.165, 1.54) is 27.4 Å². The molecule has 1 aromatic heterocycles. The Hall–Kier alpha value is -1.41. The van der Waals surface area contributed by atoms with E-state index in [1.807, 2.05) is 0 Å². The molecule has 0 aliphatic rings. The van der Waals surface area contributed by atoms with Crippen molar-refractivity contribution in [2.75, 3.05) is 5.75 Å². The van der Waals surface area contributed by atoms with Gasteiger partial charge in [0, 0.05) is 21.8 Å². The first-order valence-electron chi connectivity index (χ1n) is 5.99. The predicted octanol–water partition coefficient (Wildman–Crippen LogP) is 4.18. The smallest absolute Gasteiger partial charge is 0.0497 e. The minimum Gasteiger partial charge on any atom is -0.354 e. The number of aromatic nitrogens is 1. The van der Waals surface area contributed by atoms with Gasteiger partial charge in [-0.05, 0) is 30.2 Å². The van der Waals surface area contributed by atoms with Crippen LogP contribution in [0.15, 0.2) is 42.5 Å². The number of hydrogen-bond donors (Lipinski definition) is 2. The third kappa shape index (κ3) is 1.83. The van der Waals surface area contributed by atoms with Crippen molar-refractivity contribution in [3.8, 4) is 0 Å². The van der Waals surface area contributed by atoms with Gasteiger partial charge in [0.1, 0.15) is 0 Å². The lowest BCUT2D eigenvalue weighted by atomic mass is 10.1. The fourth-order valence-corrected chi connectivity index (χ4v) is 2.57. The van der Waals surface area contributed by atoms with Gasteiger partial charge < -0.3 is 4.98 Å². The van der Waals surface area contributed by atoms with Crippen molar-refractivity contribution in [3.63, 3.8) is 0 Å². The second-order valence-corrected chi connectivity index (χ2v) is 4.78. The third-order valence-corrected chi connectivity index (χ3v) is 3.55. The molecule has 0 aliphatic heterocycles. The number of rotatable bonds is 3. The van der Waals surface area contributed by atoms with Crippen LogP contribution in [0.25, 0.3) is 21.8 Å². The van der Waals surface area contributed by atoms with Crippen molar-refractivity contribution < 1.29 is 0 Å². The highest BCUT2D eigenvalue weighted by Gasteiger charge is 2.06. The van der Waals surface area contributed by atoms with E-state index in [2.05, 4.69) is 60.1 Å². The quantitative estimate of drug-likeness (QED) is 0.640. The molecule has 0 spiro atoms. The maximum absolute atomic E-state index is 4.28. The molecule has 2 aromatic carbocycles. The first-order valence-corrected chi connectivity index (χ1v) is 6.62. The van der Waals surface area contributed by atoms with Crippen LogP contribution < -0.4 is 0 Å². The van der Waals surface area contributed by atoms with Crippen LogP contribution in [0.1, 0.15) is 12.0 Å². The molecule has 3 rings (SSSR count). The van der Waals surface area contributed by atoms with E-state index in [-0.39, 0.29) is 0 Å². The largest absolute Gasteiger partial charge is 0.354 e. The molecule has 0 atom stereocenters. The Morgan fingerprint density at radius 2 is 1.76 bits per heavy atom. The number of H-pyrrole nitrogens is 1. The standard InChI is InChI=1S/C15H15NS/c17-10-4-6-11-5-3-8-13-12-7-1-2-9-14(12)16-15(11)13/h1-3,5,7-9,16-17H,4,6,10H2. The number of aryl methyl sites for hydroxylation is 1. The molecule has 0 radical (unpaired) electrons. The van der Waals surface area contributed by atoms with Crippen molar-refractivity contribution in [1.29, 1.82) is 0 Å². The number of nitrogens with one attached hydrogen (secondary N) is 1. The normalized spacial score (nSPS) is 11.4. The Morgan fingerprint density at radius 3 is 2.65 bits per heavy atom. The highest BCUT2D eigenvalue weighted by Crippen LogP contribution is 2.27. The lowest BCUT2D eigenvalue weighted by Crippen LogP contribution is -1.87. The molecule has 0 fully saturated rings. The van der Waals surface area contributed by atoms with E-state index in [0.29, 0.717) is 0 Å². The van der Waals surface area contributed by atoms with Crippen molar-refractivity contribution in [2.24, 2.45) is 0 Å². The first-order chi connectivity index (χ1) is 8.40. The summed E-state index contributed by atoms with van der Waals surface area (Å²) < 4.78 is 0. The van der Waals surface area contributed by atoms with E-state index in [4.69, 9.17) is 0 Å². The van der Waals surface area contributed by atoms with Crippen molar-refractivity contribution in [3.05, 3.63) is 48.0 Å². The maximum Gasteiger partial charge on any atom is 0.0497 e. The van der Waals surface area contributed by atoms with E-state index in [9.17, 15) is 0 Å². The summed E-state index contributed by atoms with van der Waals surface area (Å²) >= 11 is 4.28. The van der Waals surface area contributed by atoms with Crippen LogP contribution in [0.5, 0.6) is 0 Å². The van der Waals surface area contributed by atoms with Gasteiger partial charge in [-0.15, -0.1) is 0 Å². The molecule has 1 N–H and O–H groups in total. The van der Waals surface area contributed by atoms with Crippen LogP contribution in [0.3, 0.4) is 0 Å². The van der Waals surface area contributed by atoms with Crippen molar-refractivity contribution in [2.45, 2.75) is 12.8 Å². The lowest BCUT2D eigenvalue weighted by Gasteiger charge is -2.01. The molecule has 0 amide bonds. The summed E-state index contributed by atoms with van der Waals surface area (Å²) in [6, 6.07) is 15.0. The first kappa shape index (κ1) is 10.7. The van der Waals surface area contributed by atoms with Crippen molar-refractivity contribution in [1.82, 2.24) is 4.98 Å². The summed E-state index contributed by atoms with van der Waals surface area (Å²) in [4.78, 5) is 3.53. The lowest BCUT2D eigenvalue weighted by molar-refractivity contribution is 0.942. The summed E-state index contributed by atoms with van der Waals surface area (Å²) in [5, 5.41) is 2.65. The summed E-state index contributed by atoms with van der Waals surface area (Å²) in [7, 11) is 0. The van der Waals surface area contributed by atoms with E-state index < -0.39 is 0 Å². The van der Waals surface area contributed by atoms with E-state index >= 15 is 0 Å². The van der Waals surface area contributed by atoms with Crippen LogP contribution in [0, 0.1) is 0 Å². The van der Waals surface area contributed by atoms with Crippen LogP contribution in [0.2, 0.25) is 0 Å². The average molecular weight is 241 g/mol. The Bertz CT molecular complexity index is 654. The molecule has 0 saturated heterocycles. The van der Waals surface area contributed by atoms with Gasteiger partial charge in [-0.25, -0.2) is 0 Å². The van der Waals surface area contributed by atoms with Gasteiger partial charge in [0.2, 0.25) is 0 Å². The molecule has 0 unspecified atom stereocenters. The van der Waals surface area contributed by atoms with Gasteiger partial charge in [0.05, 0.1) is 0 Å². The van der Waals surface area contributed by atoms with Crippen LogP contribution in [0.4, 0.5) is 0 Å². The summed E-state index contributed by atoms with van der Waals surface area (Å²) in [6.07, 6.45) is 2.21. The topological polar surface area (TPSA) is 15.8 Å². The maximum atomic E-state index is 4.28. The zero-order valence-electron chi connectivity index (χ0n) is 9.61. The number of aromatic amines is 1. The number of para-hydroxylation sites is 2. The minimum atomic E-state index is 0.941. The molecule has 0 saturated carbocycles. The van der Waals surface area contributed by atoms with Gasteiger partial charge in [-0.1, -0.05) is 36.4 Å². The summed E-state index contributed by atoms with van der Waals surface area (Å²) in [5.41, 5.74) is 3.91. The van der Waals surface area contributed by atoms with Gasteiger partial charge in [-0.2, -0.15) is 12.6 Å². The highest BCUT2D eigenvalue weighted by atomic mass is 32.1. The molecular weight excluding hydrogens is 226 g/mol. The predicted molar refractivity (Wildman–Crippen MR) is 78.0 cm³/mol. The summed E-state index contributed by atoms with van der Waals surface area (Å²) in [6.45, 7) is 0. The fourth-order valence-electron chi connectivity index (χ4n) is 2.41. The molecule has 1 nitrogen and oxygen atoms in total. The van der Waals surface area contributed by atoms with Crippen LogP contribution in [-0.4, -0.2) is 10.7 Å². The molecule has 17 heavy (non-hydrogen) atoms. The minimum absolute atomic E-state index is 0.941. The molecule has 0 bridgehead atoms. The van der Waals surface area contributed by atoms with Gasteiger partial charge >= 0.3 is 0 Å². The molecule has 86 valence electrons. The zero-order chi connectivity index (χ0) is 11.7. The monoisotopic (exact) mass is 241 g/mol. The van der Waals surface area contributed by atoms with Crippen molar-refractivity contribution >= 4 is 34.4 Å². The Morgan fingerprint density at radius 1 is 0.941 bits per heavy atom. The second kappa shape index (κ2) is 4.46. The Balaban J connectivity index is 2.24. The summed E-state index contributed by atoms with van der Waals surface area (Å²) in [5.74, 6) is 0.941. The van der Waals surface area contributed by atoms with Crippen LogP contribution in [-0.2, 0) is 6.42 Å². The van der Waals surface area contributed by atoms with E-state index in [0.717, 1.165) is 18.6 Å². The van der Waals surface area contributed by atoms with E-state index in [1.54, 1.807) is 0 Å². The fraction of sp³-hybridized carbons (Fsp3) is 0.200. The third-order valence-electron chi connectivity index (χ3n) is 3.23. The van der Waals surface area contributed by atoms with Gasteiger partial charge in [0.15, 0.2) is 0 Å². The average Bonchev–Trinajstić information content (AvgIpc) is 2.75. The Kier molecular flexibility index (Phi) is 2.81. The Labute approximate surface area is 106 Å². The number of benzene rings is 2. The number of fused-ring (bicyclic) bond motifs is 3. The molecular formula is C15H15NS. The number of thiol groups is 1. The highest BCUT2D eigenvalue weighted by molar-refractivity contribution is 7.80.